The number of nitro benzene ring substituents is 1. The number of nitro groups is 1. The van der Waals surface area contributed by atoms with Gasteiger partial charge in [-0.1, -0.05) is 0 Å². The Morgan fingerprint density at radius 3 is 2.57 bits per heavy atom. The molecule has 0 unspecified atom stereocenters. The van der Waals surface area contributed by atoms with Crippen molar-refractivity contribution in [1.29, 1.82) is 0 Å². The van der Waals surface area contributed by atoms with Crippen molar-refractivity contribution in [3.8, 4) is 0 Å². The van der Waals surface area contributed by atoms with Crippen LogP contribution in [0, 0.1) is 15.9 Å². The van der Waals surface area contributed by atoms with Crippen LogP contribution in [0.25, 0.3) is 0 Å². The molecule has 1 rings (SSSR count). The summed E-state index contributed by atoms with van der Waals surface area (Å²) in [7, 11) is -2.99. The van der Waals surface area contributed by atoms with E-state index >= 15 is 0 Å². The number of aliphatic carboxylic acids is 1. The molecular formula is C11H13FN2O6S. The van der Waals surface area contributed by atoms with Gasteiger partial charge in [0.25, 0.3) is 5.69 Å². The number of rotatable bonds is 7. The van der Waals surface area contributed by atoms with E-state index in [1.54, 1.807) is 0 Å². The average Bonchev–Trinajstić information content (AvgIpc) is 2.37. The van der Waals surface area contributed by atoms with E-state index in [-0.39, 0.29) is 19.4 Å². The summed E-state index contributed by atoms with van der Waals surface area (Å²) in [5, 5.41) is 19.0. The van der Waals surface area contributed by atoms with Crippen molar-refractivity contribution in [3.05, 3.63) is 34.1 Å². The lowest BCUT2D eigenvalue weighted by Crippen LogP contribution is -2.29. The van der Waals surface area contributed by atoms with Crippen molar-refractivity contribution < 1.29 is 27.6 Å². The summed E-state index contributed by atoms with van der Waals surface area (Å²) < 4.78 is 38.7. The molecule has 21 heavy (non-hydrogen) atoms. The number of hydrogen-bond acceptors (Lipinski definition) is 5. The maximum absolute atomic E-state index is 13.7. The van der Waals surface area contributed by atoms with Gasteiger partial charge in [-0.3, -0.25) is 14.9 Å². The van der Waals surface area contributed by atoms with Gasteiger partial charge >= 0.3 is 5.97 Å². The Labute approximate surface area is 120 Å². The predicted octanol–water partition coefficient (Wildman–Crippen LogP) is 1.22. The third kappa shape index (κ3) is 4.20. The molecule has 0 heterocycles. The molecule has 0 aromatic heterocycles. The number of hydrogen-bond donors (Lipinski definition) is 1. The second kappa shape index (κ2) is 6.59. The molecular weight excluding hydrogens is 307 g/mol. The number of benzene rings is 1. The van der Waals surface area contributed by atoms with Gasteiger partial charge in [0.1, 0.15) is 10.7 Å². The van der Waals surface area contributed by atoms with Crippen molar-refractivity contribution in [2.75, 3.05) is 13.6 Å². The quantitative estimate of drug-likeness (QED) is 0.596. The minimum atomic E-state index is -4.17. The van der Waals surface area contributed by atoms with Crippen LogP contribution in [0.15, 0.2) is 23.1 Å². The summed E-state index contributed by atoms with van der Waals surface area (Å²) >= 11 is 0. The van der Waals surface area contributed by atoms with E-state index in [4.69, 9.17) is 5.11 Å². The smallest absolute Gasteiger partial charge is 0.303 e. The van der Waals surface area contributed by atoms with E-state index in [0.29, 0.717) is 6.07 Å². The van der Waals surface area contributed by atoms with Gasteiger partial charge in [0.2, 0.25) is 10.0 Å². The van der Waals surface area contributed by atoms with E-state index in [2.05, 4.69) is 0 Å². The lowest BCUT2D eigenvalue weighted by molar-refractivity contribution is -0.385. The molecule has 0 bridgehead atoms. The molecule has 0 atom stereocenters. The SMILES string of the molecule is CN(CCCC(=O)O)S(=O)(=O)c1ccc([N+](=O)[O-])cc1F. The van der Waals surface area contributed by atoms with Gasteiger partial charge < -0.3 is 5.11 Å². The van der Waals surface area contributed by atoms with Crippen molar-refractivity contribution >= 4 is 21.7 Å². The number of non-ortho nitro benzene ring substituents is 1. The highest BCUT2D eigenvalue weighted by molar-refractivity contribution is 7.89. The van der Waals surface area contributed by atoms with Crippen molar-refractivity contribution in [2.45, 2.75) is 17.7 Å². The van der Waals surface area contributed by atoms with Crippen LogP contribution in [0.3, 0.4) is 0 Å². The number of sulfonamides is 1. The highest BCUT2D eigenvalue weighted by Gasteiger charge is 2.25. The van der Waals surface area contributed by atoms with Crippen LogP contribution in [-0.2, 0) is 14.8 Å². The average molecular weight is 320 g/mol. The molecule has 10 heteroatoms. The van der Waals surface area contributed by atoms with Crippen LogP contribution in [0.2, 0.25) is 0 Å². The maximum Gasteiger partial charge on any atom is 0.303 e. The van der Waals surface area contributed by atoms with E-state index < -0.39 is 37.3 Å². The molecule has 0 aliphatic rings. The molecule has 0 amide bonds. The summed E-state index contributed by atoms with van der Waals surface area (Å²) in [4.78, 5) is 19.3. The maximum atomic E-state index is 13.7. The molecule has 1 N–H and O–H groups in total. The number of carboxylic acids is 1. The monoisotopic (exact) mass is 320 g/mol. The molecule has 1 aromatic rings. The molecule has 116 valence electrons. The van der Waals surface area contributed by atoms with Crippen LogP contribution < -0.4 is 0 Å². The second-order valence-corrected chi connectivity index (χ2v) is 6.21. The molecule has 0 fully saturated rings. The summed E-state index contributed by atoms with van der Waals surface area (Å²) in [6.07, 6.45) is -0.151. The third-order valence-corrected chi connectivity index (χ3v) is 4.57. The summed E-state index contributed by atoms with van der Waals surface area (Å²) in [6, 6.07) is 2.23. The zero-order valence-electron chi connectivity index (χ0n) is 11.0. The fraction of sp³-hybridized carbons (Fsp3) is 0.364. The Kier molecular flexibility index (Phi) is 5.33. The second-order valence-electron chi connectivity index (χ2n) is 4.20. The fourth-order valence-electron chi connectivity index (χ4n) is 1.55. The molecule has 0 aliphatic carbocycles. The van der Waals surface area contributed by atoms with E-state index in [1.165, 1.54) is 7.05 Å². The summed E-state index contributed by atoms with van der Waals surface area (Å²) in [6.45, 7) is -0.106. The number of halogens is 1. The first-order chi connectivity index (χ1) is 9.66. The highest BCUT2D eigenvalue weighted by atomic mass is 32.2. The van der Waals surface area contributed by atoms with Crippen molar-refractivity contribution in [3.63, 3.8) is 0 Å². The van der Waals surface area contributed by atoms with Crippen LogP contribution >= 0.6 is 0 Å². The molecule has 0 saturated heterocycles. The molecule has 0 aliphatic heterocycles. The van der Waals surface area contributed by atoms with Crippen LogP contribution in [-0.4, -0.2) is 42.3 Å². The molecule has 0 radical (unpaired) electrons. The highest BCUT2D eigenvalue weighted by Crippen LogP contribution is 2.23. The number of nitrogens with zero attached hydrogens (tertiary/aromatic N) is 2. The minimum Gasteiger partial charge on any atom is -0.481 e. The topological polar surface area (TPSA) is 118 Å². The van der Waals surface area contributed by atoms with Gasteiger partial charge in [-0.25, -0.2) is 17.1 Å². The molecule has 1 aromatic carbocycles. The third-order valence-electron chi connectivity index (χ3n) is 2.68. The zero-order chi connectivity index (χ0) is 16.2. The van der Waals surface area contributed by atoms with Gasteiger partial charge in [0.15, 0.2) is 0 Å². The van der Waals surface area contributed by atoms with Gasteiger partial charge in [-0.05, 0) is 12.5 Å². The van der Waals surface area contributed by atoms with Gasteiger partial charge in [-0.15, -0.1) is 0 Å². The van der Waals surface area contributed by atoms with Crippen molar-refractivity contribution in [2.24, 2.45) is 0 Å². The standard InChI is InChI=1S/C11H13FN2O6S/c1-13(6-2-3-11(15)16)21(19,20)10-5-4-8(14(17)18)7-9(10)12/h4-5,7H,2-3,6H2,1H3,(H,15,16). The van der Waals surface area contributed by atoms with Gasteiger partial charge in [0.05, 0.1) is 11.0 Å². The Bertz CT molecular complexity index is 661. The Morgan fingerprint density at radius 2 is 2.10 bits per heavy atom. The molecule has 0 saturated carbocycles. The predicted molar refractivity (Wildman–Crippen MR) is 69.7 cm³/mol. The van der Waals surface area contributed by atoms with Crippen LogP contribution in [0.1, 0.15) is 12.8 Å². The van der Waals surface area contributed by atoms with E-state index in [0.717, 1.165) is 16.4 Å². The lowest BCUT2D eigenvalue weighted by Gasteiger charge is -2.17. The summed E-state index contributed by atoms with van der Waals surface area (Å²) in [5.41, 5.74) is -0.556. The molecule has 0 spiro atoms. The Hall–Kier alpha value is -2.07. The van der Waals surface area contributed by atoms with Gasteiger partial charge in [-0.2, -0.15) is 0 Å². The van der Waals surface area contributed by atoms with Crippen LogP contribution in [0.5, 0.6) is 0 Å². The minimum absolute atomic E-state index is 0.0691. The zero-order valence-corrected chi connectivity index (χ0v) is 11.8. The largest absolute Gasteiger partial charge is 0.481 e. The normalized spacial score (nSPS) is 11.6. The first-order valence-corrected chi connectivity index (χ1v) is 7.22. The van der Waals surface area contributed by atoms with Gasteiger partial charge in [0, 0.05) is 26.1 Å². The van der Waals surface area contributed by atoms with E-state index in [1.807, 2.05) is 0 Å². The lowest BCUT2D eigenvalue weighted by atomic mass is 10.3. The number of carbonyl (C=O) groups is 1. The molecule has 8 nitrogen and oxygen atoms in total. The first-order valence-electron chi connectivity index (χ1n) is 5.78. The Morgan fingerprint density at radius 1 is 1.48 bits per heavy atom. The summed E-state index contributed by atoms with van der Waals surface area (Å²) in [5.74, 6) is -2.29. The number of carboxylic acid groups (broad SMARTS) is 1. The fourth-order valence-corrected chi connectivity index (χ4v) is 2.80. The first kappa shape index (κ1) is 17.0. The van der Waals surface area contributed by atoms with E-state index in [9.17, 15) is 27.7 Å². The van der Waals surface area contributed by atoms with Crippen LogP contribution in [0.4, 0.5) is 10.1 Å². The Balaban J connectivity index is 2.97. The van der Waals surface area contributed by atoms with Crippen molar-refractivity contribution in [1.82, 2.24) is 4.31 Å².